The van der Waals surface area contributed by atoms with Gasteiger partial charge in [0, 0.05) is 24.1 Å². The number of Topliss-reactive ketones (excluding diaryl/α,β-unsaturated/α-hetero) is 2. The monoisotopic (exact) mass is 345 g/mol. The average molecular weight is 345 g/mol. The summed E-state index contributed by atoms with van der Waals surface area (Å²) < 4.78 is 0. The Morgan fingerprint density at radius 2 is 1.42 bits per heavy atom. The van der Waals surface area contributed by atoms with Gasteiger partial charge in [0.05, 0.1) is 5.56 Å². The fourth-order valence-electron chi connectivity index (χ4n) is 2.89. The third-order valence-corrected chi connectivity index (χ3v) is 4.23. The lowest BCUT2D eigenvalue weighted by molar-refractivity contribution is 0.0991. The van der Waals surface area contributed by atoms with Gasteiger partial charge in [0.2, 0.25) is 0 Å². The lowest BCUT2D eigenvalue weighted by Crippen LogP contribution is -2.22. The zero-order chi connectivity index (χ0) is 18.5. The van der Waals surface area contributed by atoms with E-state index in [9.17, 15) is 14.4 Å². The van der Waals surface area contributed by atoms with E-state index >= 15 is 0 Å². The first kappa shape index (κ1) is 17.5. The predicted molar refractivity (Wildman–Crippen MR) is 101 cm³/mol. The van der Waals surface area contributed by atoms with Crippen molar-refractivity contribution in [3.63, 3.8) is 0 Å². The molecule has 1 N–H and O–H groups in total. The van der Waals surface area contributed by atoms with E-state index in [4.69, 9.17) is 0 Å². The lowest BCUT2D eigenvalue weighted by Gasteiger charge is -2.11. The number of carbonyl (C=O) groups excluding carboxylic acids is 2. The third kappa shape index (κ3) is 4.03. The molecule has 0 bridgehead atoms. The van der Waals surface area contributed by atoms with Crippen molar-refractivity contribution in [3.05, 3.63) is 105 Å². The van der Waals surface area contributed by atoms with E-state index in [2.05, 4.69) is 4.98 Å². The van der Waals surface area contributed by atoms with Crippen LogP contribution in [0.5, 0.6) is 0 Å². The van der Waals surface area contributed by atoms with Gasteiger partial charge in [-0.15, -0.1) is 0 Å². The number of pyridine rings is 1. The van der Waals surface area contributed by atoms with Gasteiger partial charge in [0.1, 0.15) is 0 Å². The number of benzene rings is 2. The van der Waals surface area contributed by atoms with Crippen LogP contribution in [0.2, 0.25) is 0 Å². The van der Waals surface area contributed by atoms with Crippen molar-refractivity contribution in [1.82, 2.24) is 4.98 Å². The Morgan fingerprint density at radius 1 is 0.846 bits per heavy atom. The van der Waals surface area contributed by atoms with E-state index in [1.807, 2.05) is 60.7 Å². The lowest BCUT2D eigenvalue weighted by atomic mass is 9.96. The van der Waals surface area contributed by atoms with Crippen molar-refractivity contribution in [3.8, 4) is 0 Å². The number of aromatic amines is 1. The molecule has 0 radical (unpaired) electrons. The molecule has 3 aromatic rings. The van der Waals surface area contributed by atoms with Gasteiger partial charge >= 0.3 is 0 Å². The minimum atomic E-state index is -0.459. The van der Waals surface area contributed by atoms with Crippen LogP contribution >= 0.6 is 0 Å². The summed E-state index contributed by atoms with van der Waals surface area (Å²) in [6.07, 6.45) is 0.635. The molecule has 0 aliphatic heterocycles. The third-order valence-electron chi connectivity index (χ3n) is 4.23. The first-order valence-corrected chi connectivity index (χ1v) is 8.43. The van der Waals surface area contributed by atoms with Crippen molar-refractivity contribution in [2.75, 3.05) is 0 Å². The Bertz CT molecular complexity index is 989. The van der Waals surface area contributed by atoms with Crippen LogP contribution in [-0.4, -0.2) is 16.6 Å². The molecule has 4 nitrogen and oxygen atoms in total. The van der Waals surface area contributed by atoms with Gasteiger partial charge in [-0.05, 0) is 24.1 Å². The second-order valence-electron chi connectivity index (χ2n) is 6.21. The molecule has 4 heteroatoms. The average Bonchev–Trinajstić information content (AvgIpc) is 2.63. The number of aromatic nitrogens is 1. The topological polar surface area (TPSA) is 67.0 Å². The van der Waals surface area contributed by atoms with E-state index in [-0.39, 0.29) is 23.6 Å². The quantitative estimate of drug-likeness (QED) is 0.694. The zero-order valence-electron chi connectivity index (χ0n) is 14.5. The highest BCUT2D eigenvalue weighted by Crippen LogP contribution is 2.15. The Balaban J connectivity index is 2.02. The standard InChI is InChI=1S/C22H19NO3/c1-15(24)18-14-19(21(25)13-17-10-6-3-7-11-17)20(23-22(18)26)12-16-8-4-2-5-9-16/h2-11,14H,12-13H2,1H3,(H,23,26). The van der Waals surface area contributed by atoms with E-state index in [1.165, 1.54) is 13.0 Å². The molecular weight excluding hydrogens is 326 g/mol. The van der Waals surface area contributed by atoms with Crippen LogP contribution in [0.4, 0.5) is 0 Å². The minimum absolute atomic E-state index is 0.0122. The summed E-state index contributed by atoms with van der Waals surface area (Å²) >= 11 is 0. The largest absolute Gasteiger partial charge is 0.325 e. The highest BCUT2D eigenvalue weighted by molar-refractivity contribution is 6.01. The van der Waals surface area contributed by atoms with Gasteiger partial charge in [-0.2, -0.15) is 0 Å². The minimum Gasteiger partial charge on any atom is -0.325 e. The molecule has 2 aromatic carbocycles. The first-order valence-electron chi connectivity index (χ1n) is 8.43. The number of carbonyl (C=O) groups is 2. The van der Waals surface area contributed by atoms with Crippen LogP contribution in [0.15, 0.2) is 71.5 Å². The first-order chi connectivity index (χ1) is 12.5. The Labute approximate surface area is 151 Å². The fraction of sp³-hybridized carbons (Fsp3) is 0.136. The van der Waals surface area contributed by atoms with Crippen LogP contribution < -0.4 is 5.56 Å². The second kappa shape index (κ2) is 7.74. The van der Waals surface area contributed by atoms with E-state index in [0.29, 0.717) is 17.7 Å². The number of hydrogen-bond acceptors (Lipinski definition) is 3. The molecule has 26 heavy (non-hydrogen) atoms. The molecule has 130 valence electrons. The smallest absolute Gasteiger partial charge is 0.259 e. The highest BCUT2D eigenvalue weighted by atomic mass is 16.1. The van der Waals surface area contributed by atoms with Gasteiger partial charge in [-0.3, -0.25) is 14.4 Å². The Kier molecular flexibility index (Phi) is 5.23. The van der Waals surface area contributed by atoms with Gasteiger partial charge in [0.15, 0.2) is 11.6 Å². The molecule has 0 amide bonds. The molecule has 0 atom stereocenters. The molecule has 1 heterocycles. The Hall–Kier alpha value is -3.27. The predicted octanol–water partition coefficient (Wildman–Crippen LogP) is 3.59. The SMILES string of the molecule is CC(=O)c1cc(C(=O)Cc2ccccc2)c(Cc2ccccc2)[nH]c1=O. The summed E-state index contributed by atoms with van der Waals surface area (Å²) in [5.41, 5.74) is 2.35. The molecule has 0 fully saturated rings. The molecular formula is C22H19NO3. The second-order valence-corrected chi connectivity index (χ2v) is 6.21. The molecule has 0 saturated heterocycles. The van der Waals surface area contributed by atoms with E-state index in [0.717, 1.165) is 11.1 Å². The fourth-order valence-corrected chi connectivity index (χ4v) is 2.89. The molecule has 0 aliphatic carbocycles. The molecule has 0 aliphatic rings. The van der Waals surface area contributed by atoms with Crippen LogP contribution in [0.25, 0.3) is 0 Å². The number of hydrogen-bond donors (Lipinski definition) is 1. The maximum Gasteiger partial charge on any atom is 0.259 e. The molecule has 0 spiro atoms. The summed E-state index contributed by atoms with van der Waals surface area (Å²) in [4.78, 5) is 39.6. The van der Waals surface area contributed by atoms with Gasteiger partial charge in [-0.1, -0.05) is 60.7 Å². The summed E-state index contributed by atoms with van der Waals surface area (Å²) in [5.74, 6) is -0.479. The van der Waals surface area contributed by atoms with Gasteiger partial charge < -0.3 is 4.98 Å². The van der Waals surface area contributed by atoms with Gasteiger partial charge in [0.25, 0.3) is 5.56 Å². The molecule has 0 unspecified atom stereocenters. The number of nitrogens with one attached hydrogen (secondary N) is 1. The van der Waals surface area contributed by atoms with Crippen LogP contribution in [-0.2, 0) is 12.8 Å². The summed E-state index contributed by atoms with van der Waals surface area (Å²) in [6, 6.07) is 20.4. The van der Waals surface area contributed by atoms with Crippen molar-refractivity contribution < 1.29 is 9.59 Å². The van der Waals surface area contributed by atoms with Crippen LogP contribution in [0.1, 0.15) is 44.5 Å². The summed E-state index contributed by atoms with van der Waals surface area (Å²) in [6.45, 7) is 1.33. The van der Waals surface area contributed by atoms with Crippen molar-refractivity contribution >= 4 is 11.6 Å². The van der Waals surface area contributed by atoms with Gasteiger partial charge in [-0.25, -0.2) is 0 Å². The van der Waals surface area contributed by atoms with E-state index in [1.54, 1.807) is 0 Å². The molecule has 1 aromatic heterocycles. The summed E-state index contributed by atoms with van der Waals surface area (Å²) in [7, 11) is 0. The maximum absolute atomic E-state index is 12.9. The van der Waals surface area contributed by atoms with Crippen molar-refractivity contribution in [2.24, 2.45) is 0 Å². The number of H-pyrrole nitrogens is 1. The Morgan fingerprint density at radius 3 is 2.00 bits per heavy atom. The van der Waals surface area contributed by atoms with Crippen molar-refractivity contribution in [1.29, 1.82) is 0 Å². The van der Waals surface area contributed by atoms with Crippen molar-refractivity contribution in [2.45, 2.75) is 19.8 Å². The highest BCUT2D eigenvalue weighted by Gasteiger charge is 2.18. The zero-order valence-corrected chi connectivity index (χ0v) is 14.5. The van der Waals surface area contributed by atoms with E-state index < -0.39 is 5.56 Å². The molecule has 3 rings (SSSR count). The summed E-state index contributed by atoms with van der Waals surface area (Å²) in [5, 5.41) is 0. The van der Waals surface area contributed by atoms with Crippen LogP contribution in [0.3, 0.4) is 0 Å². The number of rotatable bonds is 6. The van der Waals surface area contributed by atoms with Crippen LogP contribution in [0, 0.1) is 0 Å². The number of ketones is 2. The molecule has 0 saturated carbocycles. The maximum atomic E-state index is 12.9. The normalized spacial score (nSPS) is 10.5.